The molecular formula is C20H17F2N3O. The SMILES string of the molecule is CN(Cc1ccccc1)c1ccc(NC(=O)c2ccc(F)c(F)c2)nc1. The Morgan fingerprint density at radius 2 is 1.81 bits per heavy atom. The molecule has 6 heteroatoms. The van der Waals surface area contributed by atoms with Gasteiger partial charge in [-0.3, -0.25) is 4.79 Å². The molecule has 0 aliphatic heterocycles. The zero-order valence-corrected chi connectivity index (χ0v) is 14.1. The molecule has 1 N–H and O–H groups in total. The predicted molar refractivity (Wildman–Crippen MR) is 97.1 cm³/mol. The van der Waals surface area contributed by atoms with Crippen molar-refractivity contribution in [3.8, 4) is 0 Å². The fraction of sp³-hybridized carbons (Fsp3) is 0.100. The van der Waals surface area contributed by atoms with Crippen LogP contribution in [0.15, 0.2) is 66.9 Å². The van der Waals surface area contributed by atoms with Crippen molar-refractivity contribution in [2.24, 2.45) is 0 Å². The number of anilines is 2. The van der Waals surface area contributed by atoms with Crippen molar-refractivity contribution < 1.29 is 13.6 Å². The van der Waals surface area contributed by atoms with Crippen LogP contribution >= 0.6 is 0 Å². The first-order valence-electron chi connectivity index (χ1n) is 8.00. The summed E-state index contributed by atoms with van der Waals surface area (Å²) in [6.45, 7) is 0.725. The average molecular weight is 353 g/mol. The molecule has 1 aromatic heterocycles. The zero-order chi connectivity index (χ0) is 18.5. The smallest absolute Gasteiger partial charge is 0.256 e. The minimum atomic E-state index is -1.07. The number of rotatable bonds is 5. The summed E-state index contributed by atoms with van der Waals surface area (Å²) in [6.07, 6.45) is 1.64. The summed E-state index contributed by atoms with van der Waals surface area (Å²) >= 11 is 0. The molecule has 1 heterocycles. The van der Waals surface area contributed by atoms with Gasteiger partial charge in [-0.1, -0.05) is 30.3 Å². The fourth-order valence-corrected chi connectivity index (χ4v) is 2.46. The van der Waals surface area contributed by atoms with Crippen LogP contribution in [0.2, 0.25) is 0 Å². The van der Waals surface area contributed by atoms with E-state index < -0.39 is 17.5 Å². The highest BCUT2D eigenvalue weighted by Gasteiger charge is 2.11. The van der Waals surface area contributed by atoms with E-state index in [0.717, 1.165) is 24.4 Å². The number of hydrogen-bond donors (Lipinski definition) is 1. The Kier molecular flexibility index (Phi) is 5.22. The van der Waals surface area contributed by atoms with Gasteiger partial charge in [-0.15, -0.1) is 0 Å². The van der Waals surface area contributed by atoms with E-state index in [0.29, 0.717) is 5.82 Å². The number of pyridine rings is 1. The number of hydrogen-bond acceptors (Lipinski definition) is 3. The van der Waals surface area contributed by atoms with Crippen molar-refractivity contribution >= 4 is 17.4 Å². The number of carbonyl (C=O) groups excluding carboxylic acids is 1. The first-order chi connectivity index (χ1) is 12.5. The van der Waals surface area contributed by atoms with Gasteiger partial charge in [-0.2, -0.15) is 0 Å². The number of aromatic nitrogens is 1. The van der Waals surface area contributed by atoms with Crippen molar-refractivity contribution in [2.45, 2.75) is 6.54 Å². The van der Waals surface area contributed by atoms with Gasteiger partial charge in [0.2, 0.25) is 0 Å². The number of benzene rings is 2. The van der Waals surface area contributed by atoms with E-state index in [-0.39, 0.29) is 5.56 Å². The lowest BCUT2D eigenvalue weighted by Crippen LogP contribution is -2.17. The van der Waals surface area contributed by atoms with Crippen molar-refractivity contribution in [3.63, 3.8) is 0 Å². The lowest BCUT2D eigenvalue weighted by atomic mass is 10.2. The molecule has 3 rings (SSSR count). The molecule has 0 atom stereocenters. The number of carbonyl (C=O) groups is 1. The molecule has 4 nitrogen and oxygen atoms in total. The Morgan fingerprint density at radius 3 is 2.46 bits per heavy atom. The van der Waals surface area contributed by atoms with Crippen LogP contribution in [0, 0.1) is 11.6 Å². The Hall–Kier alpha value is -3.28. The monoisotopic (exact) mass is 353 g/mol. The van der Waals surface area contributed by atoms with Crippen molar-refractivity contribution in [1.29, 1.82) is 0 Å². The van der Waals surface area contributed by atoms with E-state index in [9.17, 15) is 13.6 Å². The van der Waals surface area contributed by atoms with Crippen molar-refractivity contribution in [1.82, 2.24) is 4.98 Å². The largest absolute Gasteiger partial charge is 0.369 e. The second kappa shape index (κ2) is 7.74. The molecule has 0 bridgehead atoms. The molecule has 0 aliphatic rings. The van der Waals surface area contributed by atoms with Crippen molar-refractivity contribution in [3.05, 3.63) is 89.6 Å². The van der Waals surface area contributed by atoms with E-state index >= 15 is 0 Å². The third kappa shape index (κ3) is 4.22. The number of amides is 1. The van der Waals surface area contributed by atoms with Gasteiger partial charge in [0, 0.05) is 19.2 Å². The summed E-state index contributed by atoms with van der Waals surface area (Å²) in [4.78, 5) is 18.3. The van der Waals surface area contributed by atoms with E-state index in [4.69, 9.17) is 0 Å². The second-order valence-electron chi connectivity index (χ2n) is 5.83. The molecular weight excluding hydrogens is 336 g/mol. The summed E-state index contributed by atoms with van der Waals surface area (Å²) in [5.74, 6) is -2.28. The van der Waals surface area contributed by atoms with Gasteiger partial charge in [0.25, 0.3) is 5.91 Å². The maximum Gasteiger partial charge on any atom is 0.256 e. The molecule has 0 fully saturated rings. The standard InChI is InChI=1S/C20H17F2N3O/c1-25(13-14-5-3-2-4-6-14)16-8-10-19(23-12-16)24-20(26)15-7-9-17(21)18(22)11-15/h2-12H,13H2,1H3,(H,23,24,26). The fourth-order valence-electron chi connectivity index (χ4n) is 2.46. The molecule has 0 aliphatic carbocycles. The Balaban J connectivity index is 1.65. The molecule has 0 saturated carbocycles. The molecule has 0 radical (unpaired) electrons. The third-order valence-corrected chi connectivity index (χ3v) is 3.87. The maximum absolute atomic E-state index is 13.2. The highest BCUT2D eigenvalue weighted by Crippen LogP contribution is 2.17. The predicted octanol–water partition coefficient (Wildman–Crippen LogP) is 4.25. The molecule has 0 unspecified atom stereocenters. The number of nitrogens with one attached hydrogen (secondary N) is 1. The van der Waals surface area contributed by atoms with Crippen LogP contribution in [0.3, 0.4) is 0 Å². The summed E-state index contributed by atoms with van der Waals surface area (Å²) < 4.78 is 26.2. The molecule has 132 valence electrons. The second-order valence-corrected chi connectivity index (χ2v) is 5.83. The summed E-state index contributed by atoms with van der Waals surface area (Å²) in [5.41, 5.74) is 2.08. The van der Waals surface area contributed by atoms with E-state index in [1.807, 2.05) is 48.3 Å². The van der Waals surface area contributed by atoms with Gasteiger partial charge >= 0.3 is 0 Å². The minimum absolute atomic E-state index is 0.0240. The molecule has 26 heavy (non-hydrogen) atoms. The van der Waals surface area contributed by atoms with Gasteiger partial charge in [-0.25, -0.2) is 13.8 Å². The van der Waals surface area contributed by atoms with Crippen LogP contribution in [-0.4, -0.2) is 17.9 Å². The normalized spacial score (nSPS) is 10.4. The highest BCUT2D eigenvalue weighted by atomic mass is 19.2. The minimum Gasteiger partial charge on any atom is -0.369 e. The van der Waals surface area contributed by atoms with Crippen LogP contribution in [0.5, 0.6) is 0 Å². The number of nitrogens with zero attached hydrogens (tertiary/aromatic N) is 2. The maximum atomic E-state index is 13.2. The molecule has 0 spiro atoms. The first kappa shape index (κ1) is 17.5. The van der Waals surface area contributed by atoms with E-state index in [1.165, 1.54) is 11.6 Å². The third-order valence-electron chi connectivity index (χ3n) is 3.87. The van der Waals surface area contributed by atoms with E-state index in [2.05, 4.69) is 10.3 Å². The Labute approximate surface area is 150 Å². The van der Waals surface area contributed by atoms with Crippen molar-refractivity contribution in [2.75, 3.05) is 17.3 Å². The topological polar surface area (TPSA) is 45.2 Å². The highest BCUT2D eigenvalue weighted by molar-refractivity contribution is 6.03. The summed E-state index contributed by atoms with van der Waals surface area (Å²) in [7, 11) is 1.95. The average Bonchev–Trinajstić information content (AvgIpc) is 2.65. The van der Waals surface area contributed by atoms with Crippen LogP contribution in [0.1, 0.15) is 15.9 Å². The number of halogens is 2. The van der Waals surface area contributed by atoms with Gasteiger partial charge < -0.3 is 10.2 Å². The summed E-state index contributed by atoms with van der Waals surface area (Å²) in [5, 5.41) is 2.56. The van der Waals surface area contributed by atoms with Gasteiger partial charge in [0.1, 0.15) is 5.82 Å². The van der Waals surface area contributed by atoms with Crippen LogP contribution in [-0.2, 0) is 6.54 Å². The van der Waals surface area contributed by atoms with Gasteiger partial charge in [0.15, 0.2) is 11.6 Å². The molecule has 3 aromatic rings. The lowest BCUT2D eigenvalue weighted by Gasteiger charge is -2.19. The summed E-state index contributed by atoms with van der Waals surface area (Å²) in [6, 6.07) is 16.5. The van der Waals surface area contributed by atoms with Gasteiger partial charge in [0.05, 0.1) is 11.9 Å². The molecule has 2 aromatic carbocycles. The van der Waals surface area contributed by atoms with Crippen LogP contribution in [0.25, 0.3) is 0 Å². The molecule has 0 saturated heterocycles. The van der Waals surface area contributed by atoms with E-state index in [1.54, 1.807) is 12.3 Å². The quantitative estimate of drug-likeness (QED) is 0.746. The zero-order valence-electron chi connectivity index (χ0n) is 14.1. The lowest BCUT2D eigenvalue weighted by molar-refractivity contribution is 0.102. The van der Waals surface area contributed by atoms with Gasteiger partial charge in [-0.05, 0) is 35.9 Å². The van der Waals surface area contributed by atoms with Crippen LogP contribution in [0.4, 0.5) is 20.3 Å². The first-order valence-corrected chi connectivity index (χ1v) is 8.00. The van der Waals surface area contributed by atoms with Crippen LogP contribution < -0.4 is 10.2 Å². The Bertz CT molecular complexity index is 899. The Morgan fingerprint density at radius 1 is 1.04 bits per heavy atom. The molecule has 1 amide bonds.